The minimum absolute atomic E-state index is 0.167. The van der Waals surface area contributed by atoms with E-state index in [1.54, 1.807) is 0 Å². The van der Waals surface area contributed by atoms with Crippen molar-refractivity contribution in [2.45, 2.75) is 18.4 Å². The molecule has 22 heavy (non-hydrogen) atoms. The van der Waals surface area contributed by atoms with E-state index >= 15 is 0 Å². The van der Waals surface area contributed by atoms with Crippen molar-refractivity contribution >= 4 is 23.1 Å². The maximum atomic E-state index is 12.9. The normalized spacial score (nSPS) is 25.2. The fraction of sp³-hybridized carbons (Fsp3) is 0.211. The summed E-state index contributed by atoms with van der Waals surface area (Å²) in [5.41, 5.74) is 2.98. The molecule has 0 unspecified atom stereocenters. The van der Waals surface area contributed by atoms with Crippen LogP contribution in [0.4, 0.5) is 5.69 Å². The average molecular weight is 310 g/mol. The molecule has 1 N–H and O–H groups in total. The van der Waals surface area contributed by atoms with Gasteiger partial charge >= 0.3 is 0 Å². The van der Waals surface area contributed by atoms with Crippen molar-refractivity contribution in [3.8, 4) is 0 Å². The van der Waals surface area contributed by atoms with Gasteiger partial charge in [-0.25, -0.2) is 0 Å². The monoisotopic (exact) mass is 309 g/mol. The maximum absolute atomic E-state index is 12.9. The molecule has 0 amide bonds. The van der Waals surface area contributed by atoms with Crippen LogP contribution in [0.1, 0.15) is 28.3 Å². The van der Waals surface area contributed by atoms with Crippen molar-refractivity contribution in [3.05, 3.63) is 76.8 Å². The lowest BCUT2D eigenvalue weighted by molar-refractivity contribution is 0.0938. The van der Waals surface area contributed by atoms with E-state index in [0.717, 1.165) is 22.7 Å². The fourth-order valence-corrected chi connectivity index (χ4v) is 3.79. The summed E-state index contributed by atoms with van der Waals surface area (Å²) in [6, 6.07) is 15.2. The van der Waals surface area contributed by atoms with Crippen molar-refractivity contribution in [2.24, 2.45) is 5.92 Å². The van der Waals surface area contributed by atoms with Gasteiger partial charge in [0.05, 0.1) is 6.04 Å². The van der Waals surface area contributed by atoms with Crippen LogP contribution in [-0.2, 0) is 0 Å². The quantitative estimate of drug-likeness (QED) is 0.645. The SMILES string of the molecule is O=C(c1ccccc1)[C@@H]1Nc2ccc(Cl)cc2[C@@H]2C=CC[C@H]12. The van der Waals surface area contributed by atoms with Crippen LogP contribution < -0.4 is 5.32 Å². The van der Waals surface area contributed by atoms with E-state index in [2.05, 4.69) is 17.5 Å². The van der Waals surface area contributed by atoms with Crippen LogP contribution in [0.2, 0.25) is 5.02 Å². The number of allylic oxidation sites excluding steroid dienone is 2. The van der Waals surface area contributed by atoms with Gasteiger partial charge in [0.1, 0.15) is 0 Å². The summed E-state index contributed by atoms with van der Waals surface area (Å²) in [7, 11) is 0. The Morgan fingerprint density at radius 3 is 2.77 bits per heavy atom. The molecule has 1 aliphatic carbocycles. The predicted molar refractivity (Wildman–Crippen MR) is 89.6 cm³/mol. The number of carbonyl (C=O) groups excluding carboxylic acids is 1. The van der Waals surface area contributed by atoms with Crippen molar-refractivity contribution in [1.82, 2.24) is 0 Å². The summed E-state index contributed by atoms with van der Waals surface area (Å²) < 4.78 is 0. The van der Waals surface area contributed by atoms with E-state index < -0.39 is 0 Å². The van der Waals surface area contributed by atoms with E-state index in [1.807, 2.05) is 48.5 Å². The Bertz CT molecular complexity index is 753. The molecule has 2 aromatic rings. The molecule has 3 heteroatoms. The van der Waals surface area contributed by atoms with Crippen LogP contribution in [0.25, 0.3) is 0 Å². The van der Waals surface area contributed by atoms with E-state index in [-0.39, 0.29) is 23.7 Å². The number of nitrogens with one attached hydrogen (secondary N) is 1. The summed E-state index contributed by atoms with van der Waals surface area (Å²) in [4.78, 5) is 12.9. The maximum Gasteiger partial charge on any atom is 0.185 e. The van der Waals surface area contributed by atoms with E-state index in [0.29, 0.717) is 0 Å². The standard InChI is InChI=1S/C19H16ClNO/c20-13-9-10-17-16(11-13)14-7-4-8-15(14)18(21-17)19(22)12-5-2-1-3-6-12/h1-7,9-11,14-15,18,21H,8H2/t14-,15+,18-/m1/s1. The van der Waals surface area contributed by atoms with Crippen molar-refractivity contribution < 1.29 is 4.79 Å². The number of carbonyl (C=O) groups is 1. The van der Waals surface area contributed by atoms with Crippen LogP contribution in [0.3, 0.4) is 0 Å². The number of anilines is 1. The van der Waals surface area contributed by atoms with E-state index in [4.69, 9.17) is 11.6 Å². The zero-order valence-corrected chi connectivity index (χ0v) is 12.8. The second-order valence-electron chi connectivity index (χ2n) is 5.94. The van der Waals surface area contributed by atoms with E-state index in [9.17, 15) is 4.79 Å². The first-order valence-corrected chi connectivity index (χ1v) is 7.94. The lowest BCUT2D eigenvalue weighted by Gasteiger charge is -2.36. The number of Topliss-reactive ketones (excluding diaryl/α,β-unsaturated/α-hetero) is 1. The van der Waals surface area contributed by atoms with Crippen molar-refractivity contribution in [1.29, 1.82) is 0 Å². The summed E-state index contributed by atoms with van der Waals surface area (Å²) in [6.45, 7) is 0. The van der Waals surface area contributed by atoms with Crippen molar-refractivity contribution in [2.75, 3.05) is 5.32 Å². The molecule has 1 heterocycles. The molecule has 0 fully saturated rings. The lowest BCUT2D eigenvalue weighted by atomic mass is 9.77. The average Bonchev–Trinajstić information content (AvgIpc) is 3.04. The molecule has 4 rings (SSSR count). The summed E-state index contributed by atoms with van der Waals surface area (Å²) in [6.07, 6.45) is 5.32. The first-order valence-electron chi connectivity index (χ1n) is 7.56. The predicted octanol–water partition coefficient (Wildman–Crippen LogP) is 4.68. The van der Waals surface area contributed by atoms with Gasteiger partial charge in [0.15, 0.2) is 5.78 Å². The number of halogens is 1. The Kier molecular flexibility index (Phi) is 3.27. The largest absolute Gasteiger partial charge is 0.374 e. The van der Waals surface area contributed by atoms with Gasteiger partial charge in [-0.2, -0.15) is 0 Å². The third-order valence-electron chi connectivity index (χ3n) is 4.67. The van der Waals surface area contributed by atoms with Gasteiger partial charge in [-0.15, -0.1) is 0 Å². The van der Waals surface area contributed by atoms with Gasteiger partial charge < -0.3 is 5.32 Å². The Morgan fingerprint density at radius 1 is 1.14 bits per heavy atom. The smallest absolute Gasteiger partial charge is 0.185 e. The van der Waals surface area contributed by atoms with Crippen LogP contribution >= 0.6 is 11.6 Å². The third-order valence-corrected chi connectivity index (χ3v) is 4.90. The number of fused-ring (bicyclic) bond motifs is 3. The summed E-state index contributed by atoms with van der Waals surface area (Å²) in [5.74, 6) is 0.700. The van der Waals surface area contributed by atoms with Crippen LogP contribution in [-0.4, -0.2) is 11.8 Å². The van der Waals surface area contributed by atoms with Crippen LogP contribution in [0, 0.1) is 5.92 Å². The van der Waals surface area contributed by atoms with E-state index in [1.165, 1.54) is 5.56 Å². The number of ketones is 1. The molecular weight excluding hydrogens is 294 g/mol. The minimum atomic E-state index is -0.184. The van der Waals surface area contributed by atoms with Gasteiger partial charge in [0, 0.05) is 28.1 Å². The zero-order valence-electron chi connectivity index (χ0n) is 12.0. The molecule has 0 spiro atoms. The summed E-state index contributed by atoms with van der Waals surface area (Å²) in [5, 5.41) is 4.19. The van der Waals surface area contributed by atoms with Crippen molar-refractivity contribution in [3.63, 3.8) is 0 Å². The molecule has 1 aliphatic heterocycles. The fourth-order valence-electron chi connectivity index (χ4n) is 3.61. The van der Waals surface area contributed by atoms with Gasteiger partial charge in [0.2, 0.25) is 0 Å². The molecule has 3 atom stereocenters. The number of rotatable bonds is 2. The third kappa shape index (κ3) is 2.15. The minimum Gasteiger partial charge on any atom is -0.374 e. The van der Waals surface area contributed by atoms with Gasteiger partial charge in [0.25, 0.3) is 0 Å². The van der Waals surface area contributed by atoms with Crippen LogP contribution in [0.5, 0.6) is 0 Å². The molecule has 0 radical (unpaired) electrons. The number of benzene rings is 2. The molecule has 2 aromatic carbocycles. The Hall–Kier alpha value is -2.06. The molecule has 0 aromatic heterocycles. The highest BCUT2D eigenvalue weighted by atomic mass is 35.5. The zero-order chi connectivity index (χ0) is 15.1. The summed E-state index contributed by atoms with van der Waals surface area (Å²) >= 11 is 6.14. The van der Waals surface area contributed by atoms with Gasteiger partial charge in [-0.05, 0) is 30.2 Å². The molecule has 2 nitrogen and oxygen atoms in total. The topological polar surface area (TPSA) is 29.1 Å². The first-order chi connectivity index (χ1) is 10.7. The molecule has 0 saturated carbocycles. The highest BCUT2D eigenvalue weighted by Crippen LogP contribution is 2.45. The Morgan fingerprint density at radius 2 is 1.95 bits per heavy atom. The Labute approximate surface area is 134 Å². The number of hydrogen-bond donors (Lipinski definition) is 1. The van der Waals surface area contributed by atoms with Gasteiger partial charge in [-0.1, -0.05) is 54.1 Å². The molecule has 2 aliphatic rings. The highest BCUT2D eigenvalue weighted by molar-refractivity contribution is 6.30. The lowest BCUT2D eigenvalue weighted by Crippen LogP contribution is -2.42. The number of hydrogen-bond acceptors (Lipinski definition) is 2. The van der Waals surface area contributed by atoms with Crippen LogP contribution in [0.15, 0.2) is 60.7 Å². The van der Waals surface area contributed by atoms with Gasteiger partial charge in [-0.3, -0.25) is 4.79 Å². The molecule has 110 valence electrons. The molecule has 0 bridgehead atoms. The second-order valence-corrected chi connectivity index (χ2v) is 6.37. The molecule has 0 saturated heterocycles. The highest BCUT2D eigenvalue weighted by Gasteiger charge is 2.40. The first kappa shape index (κ1) is 13.6. The Balaban J connectivity index is 1.74. The second kappa shape index (κ2) is 5.29. The molecular formula is C19H16ClNO.